The third kappa shape index (κ3) is 4.72. The lowest BCUT2D eigenvalue weighted by molar-refractivity contribution is 0.382. The average molecular weight is 348 g/mol. The minimum absolute atomic E-state index is 0.244. The van der Waals surface area contributed by atoms with Crippen LogP contribution in [0.1, 0.15) is 42.7 Å². The van der Waals surface area contributed by atoms with E-state index in [4.69, 9.17) is 0 Å². The first-order valence-electron chi connectivity index (χ1n) is 9.77. The Balaban J connectivity index is 0.000000152. The van der Waals surface area contributed by atoms with Gasteiger partial charge in [-0.25, -0.2) is 0 Å². The first kappa shape index (κ1) is 18.6. The van der Waals surface area contributed by atoms with Crippen molar-refractivity contribution in [3.63, 3.8) is 0 Å². The molecule has 2 fully saturated rings. The Kier molecular flexibility index (Phi) is 6.82. The molecule has 26 heavy (non-hydrogen) atoms. The molecular weight excluding hydrogens is 318 g/mol. The molecule has 2 saturated heterocycles. The predicted octanol–water partition coefficient (Wildman–Crippen LogP) is 3.98. The van der Waals surface area contributed by atoms with Gasteiger partial charge in [-0.05, 0) is 68.9 Å². The SMILES string of the molecule is N#CC1(c2ccccc2)CCNCC1.c1ccc(C2CCNCC2)cc1. The van der Waals surface area contributed by atoms with Crippen LogP contribution >= 0.6 is 0 Å². The highest BCUT2D eigenvalue weighted by Crippen LogP contribution is 2.32. The average Bonchev–Trinajstić information content (AvgIpc) is 2.76. The van der Waals surface area contributed by atoms with Crippen LogP contribution in [0.3, 0.4) is 0 Å². The summed E-state index contributed by atoms with van der Waals surface area (Å²) in [5.41, 5.74) is 2.44. The smallest absolute Gasteiger partial charge is 0.0846 e. The van der Waals surface area contributed by atoms with Gasteiger partial charge in [0.05, 0.1) is 11.5 Å². The summed E-state index contributed by atoms with van der Waals surface area (Å²) in [6.45, 7) is 4.25. The minimum Gasteiger partial charge on any atom is -0.317 e. The van der Waals surface area contributed by atoms with Gasteiger partial charge in [-0.1, -0.05) is 60.7 Å². The van der Waals surface area contributed by atoms with Gasteiger partial charge in [-0.3, -0.25) is 0 Å². The van der Waals surface area contributed by atoms with Gasteiger partial charge < -0.3 is 10.6 Å². The second-order valence-corrected chi connectivity index (χ2v) is 7.24. The molecule has 136 valence electrons. The van der Waals surface area contributed by atoms with Crippen molar-refractivity contribution in [2.75, 3.05) is 26.2 Å². The summed E-state index contributed by atoms with van der Waals surface area (Å²) in [5, 5.41) is 16.0. The molecule has 0 atom stereocenters. The molecule has 3 heteroatoms. The lowest BCUT2D eigenvalue weighted by atomic mass is 9.74. The number of nitriles is 1. The third-order valence-corrected chi connectivity index (χ3v) is 5.61. The van der Waals surface area contributed by atoms with Crippen LogP contribution in [0.15, 0.2) is 60.7 Å². The zero-order chi connectivity index (χ0) is 18.1. The number of hydrogen-bond acceptors (Lipinski definition) is 3. The summed E-state index contributed by atoms with van der Waals surface area (Å²) in [6, 6.07) is 23.5. The van der Waals surface area contributed by atoms with Crippen molar-refractivity contribution in [3.8, 4) is 6.07 Å². The van der Waals surface area contributed by atoms with E-state index in [1.165, 1.54) is 37.1 Å². The lowest BCUT2D eigenvalue weighted by Gasteiger charge is -2.31. The van der Waals surface area contributed by atoms with Crippen LogP contribution < -0.4 is 10.6 Å². The number of piperidine rings is 2. The van der Waals surface area contributed by atoms with Gasteiger partial charge in [0.25, 0.3) is 0 Å². The second kappa shape index (κ2) is 9.52. The van der Waals surface area contributed by atoms with E-state index in [1.54, 1.807) is 0 Å². The van der Waals surface area contributed by atoms with Crippen LogP contribution in [0, 0.1) is 11.3 Å². The van der Waals surface area contributed by atoms with Crippen LogP contribution in [0.2, 0.25) is 0 Å². The van der Waals surface area contributed by atoms with Gasteiger partial charge in [-0.2, -0.15) is 5.26 Å². The molecule has 4 rings (SSSR count). The van der Waals surface area contributed by atoms with E-state index in [9.17, 15) is 5.26 Å². The van der Waals surface area contributed by atoms with Crippen molar-refractivity contribution in [3.05, 3.63) is 71.8 Å². The van der Waals surface area contributed by atoms with Gasteiger partial charge in [0.15, 0.2) is 0 Å². The zero-order valence-corrected chi connectivity index (χ0v) is 15.5. The molecule has 0 bridgehead atoms. The summed E-state index contributed by atoms with van der Waals surface area (Å²) in [4.78, 5) is 0. The molecule has 2 aromatic carbocycles. The number of rotatable bonds is 2. The maximum absolute atomic E-state index is 9.32. The first-order chi connectivity index (χ1) is 12.8. The normalized spacial score (nSPS) is 19.7. The van der Waals surface area contributed by atoms with Crippen molar-refractivity contribution in [2.45, 2.75) is 37.0 Å². The van der Waals surface area contributed by atoms with E-state index in [0.29, 0.717) is 0 Å². The minimum atomic E-state index is -0.244. The summed E-state index contributed by atoms with van der Waals surface area (Å²) in [5.74, 6) is 0.799. The van der Waals surface area contributed by atoms with Crippen molar-refractivity contribution in [2.24, 2.45) is 0 Å². The molecule has 2 aliphatic rings. The quantitative estimate of drug-likeness (QED) is 0.864. The van der Waals surface area contributed by atoms with Gasteiger partial charge in [-0.15, -0.1) is 0 Å². The molecule has 2 heterocycles. The standard InChI is InChI=1S/C12H14N2.C11H15N/c13-10-12(6-8-14-9-7-12)11-4-2-1-3-5-11;1-2-4-10(5-3-1)11-6-8-12-9-7-11/h1-5,14H,6-9H2;1-5,11-12H,6-9H2. The van der Waals surface area contributed by atoms with E-state index < -0.39 is 0 Å². The van der Waals surface area contributed by atoms with E-state index in [0.717, 1.165) is 31.8 Å². The van der Waals surface area contributed by atoms with Crippen molar-refractivity contribution >= 4 is 0 Å². The van der Waals surface area contributed by atoms with Crippen LogP contribution in [-0.4, -0.2) is 26.2 Å². The molecule has 2 aliphatic heterocycles. The van der Waals surface area contributed by atoms with E-state index in [-0.39, 0.29) is 5.41 Å². The summed E-state index contributed by atoms with van der Waals surface area (Å²) in [7, 11) is 0. The zero-order valence-electron chi connectivity index (χ0n) is 15.5. The summed E-state index contributed by atoms with van der Waals surface area (Å²) in [6.07, 6.45) is 4.44. The maximum atomic E-state index is 9.32. The van der Waals surface area contributed by atoms with E-state index in [2.05, 4.69) is 59.2 Å². The topological polar surface area (TPSA) is 47.9 Å². The van der Waals surface area contributed by atoms with Gasteiger partial charge in [0.2, 0.25) is 0 Å². The molecule has 2 N–H and O–H groups in total. The fourth-order valence-corrected chi connectivity index (χ4v) is 3.96. The maximum Gasteiger partial charge on any atom is 0.0846 e. The Morgan fingerprint density at radius 2 is 1.31 bits per heavy atom. The Morgan fingerprint density at radius 3 is 1.88 bits per heavy atom. The Morgan fingerprint density at radius 1 is 0.769 bits per heavy atom. The Bertz CT molecular complexity index is 678. The fourth-order valence-electron chi connectivity index (χ4n) is 3.96. The number of hydrogen-bond donors (Lipinski definition) is 2. The Hall–Kier alpha value is -2.15. The van der Waals surface area contributed by atoms with Crippen LogP contribution in [0.25, 0.3) is 0 Å². The fraction of sp³-hybridized carbons (Fsp3) is 0.435. The summed E-state index contributed by atoms with van der Waals surface area (Å²) >= 11 is 0. The molecular formula is C23H29N3. The molecule has 0 unspecified atom stereocenters. The van der Waals surface area contributed by atoms with E-state index >= 15 is 0 Å². The van der Waals surface area contributed by atoms with Crippen molar-refractivity contribution in [1.29, 1.82) is 5.26 Å². The van der Waals surface area contributed by atoms with Crippen LogP contribution in [0.4, 0.5) is 0 Å². The van der Waals surface area contributed by atoms with Crippen molar-refractivity contribution < 1.29 is 0 Å². The Labute approximate surface area is 157 Å². The lowest BCUT2D eigenvalue weighted by Crippen LogP contribution is -2.38. The van der Waals surface area contributed by atoms with Gasteiger partial charge in [0.1, 0.15) is 0 Å². The molecule has 0 spiro atoms. The molecule has 0 saturated carbocycles. The highest BCUT2D eigenvalue weighted by atomic mass is 14.9. The number of nitrogens with zero attached hydrogens (tertiary/aromatic N) is 1. The summed E-state index contributed by atoms with van der Waals surface area (Å²) < 4.78 is 0. The monoisotopic (exact) mass is 347 g/mol. The second-order valence-electron chi connectivity index (χ2n) is 7.24. The molecule has 0 aliphatic carbocycles. The first-order valence-corrected chi connectivity index (χ1v) is 9.77. The van der Waals surface area contributed by atoms with Crippen molar-refractivity contribution in [1.82, 2.24) is 10.6 Å². The highest BCUT2D eigenvalue weighted by molar-refractivity contribution is 5.33. The predicted molar refractivity (Wildman–Crippen MR) is 107 cm³/mol. The van der Waals surface area contributed by atoms with Gasteiger partial charge >= 0.3 is 0 Å². The molecule has 3 nitrogen and oxygen atoms in total. The van der Waals surface area contributed by atoms with Crippen LogP contribution in [-0.2, 0) is 5.41 Å². The number of nitrogens with one attached hydrogen (secondary N) is 2. The largest absolute Gasteiger partial charge is 0.317 e. The van der Waals surface area contributed by atoms with Gasteiger partial charge in [0, 0.05) is 0 Å². The molecule has 2 aromatic rings. The molecule has 0 amide bonds. The van der Waals surface area contributed by atoms with E-state index in [1.807, 2.05) is 18.2 Å². The number of benzene rings is 2. The highest BCUT2D eigenvalue weighted by Gasteiger charge is 2.33. The molecule has 0 radical (unpaired) electrons. The molecule has 0 aromatic heterocycles. The van der Waals surface area contributed by atoms with Crippen LogP contribution in [0.5, 0.6) is 0 Å². The third-order valence-electron chi connectivity index (χ3n) is 5.61.